The lowest BCUT2D eigenvalue weighted by molar-refractivity contribution is 0.197. The number of hydrogen-bond acceptors (Lipinski definition) is 3. The van der Waals surface area contributed by atoms with Crippen molar-refractivity contribution in [3.63, 3.8) is 0 Å². The third-order valence-corrected chi connectivity index (χ3v) is 4.06. The normalized spacial score (nSPS) is 11.5. The monoisotopic (exact) mass is 249 g/mol. The molecular formula is C14H19NOS. The molecule has 0 radical (unpaired) electrons. The minimum Gasteiger partial charge on any atom is -0.395 e. The van der Waals surface area contributed by atoms with Crippen molar-refractivity contribution in [1.29, 1.82) is 0 Å². The first-order valence-electron chi connectivity index (χ1n) is 6.04. The van der Waals surface area contributed by atoms with Gasteiger partial charge in [0.15, 0.2) is 0 Å². The molecule has 0 aliphatic rings. The molecule has 2 rings (SSSR count). The van der Waals surface area contributed by atoms with Crippen LogP contribution < -0.4 is 0 Å². The van der Waals surface area contributed by atoms with Gasteiger partial charge in [-0.2, -0.15) is 0 Å². The maximum atomic E-state index is 9.01. The molecule has 0 aliphatic heterocycles. The van der Waals surface area contributed by atoms with E-state index in [1.807, 2.05) is 11.3 Å². The van der Waals surface area contributed by atoms with Gasteiger partial charge in [-0.1, -0.05) is 19.1 Å². The standard InChI is InChI=1S/C14H19NOS/c1-3-15(6-7-16)9-12-10-17-14-8-11(2)4-5-13(12)14/h4-5,8,10,16H,3,6-7,9H2,1-2H3. The Kier molecular flexibility index (Phi) is 4.15. The molecule has 0 amide bonds. The molecule has 0 spiro atoms. The highest BCUT2D eigenvalue weighted by Crippen LogP contribution is 2.27. The summed E-state index contributed by atoms with van der Waals surface area (Å²) < 4.78 is 1.36. The zero-order valence-electron chi connectivity index (χ0n) is 10.4. The van der Waals surface area contributed by atoms with Gasteiger partial charge in [0.05, 0.1) is 6.61 Å². The van der Waals surface area contributed by atoms with Crippen molar-refractivity contribution in [3.8, 4) is 0 Å². The highest BCUT2D eigenvalue weighted by atomic mass is 32.1. The Labute approximate surface area is 106 Å². The summed E-state index contributed by atoms with van der Waals surface area (Å²) in [6, 6.07) is 6.62. The molecule has 0 unspecified atom stereocenters. The van der Waals surface area contributed by atoms with Crippen LogP contribution in [0.2, 0.25) is 0 Å². The molecule has 0 saturated heterocycles. The predicted octanol–water partition coefficient (Wildman–Crippen LogP) is 3.02. The number of rotatable bonds is 5. The molecular weight excluding hydrogens is 230 g/mol. The Morgan fingerprint density at radius 1 is 1.35 bits per heavy atom. The molecule has 3 heteroatoms. The zero-order valence-corrected chi connectivity index (χ0v) is 11.3. The summed E-state index contributed by atoms with van der Waals surface area (Å²) >= 11 is 1.81. The van der Waals surface area contributed by atoms with E-state index in [2.05, 4.69) is 42.3 Å². The van der Waals surface area contributed by atoms with Crippen LogP contribution in [0.4, 0.5) is 0 Å². The van der Waals surface area contributed by atoms with Gasteiger partial charge in [-0.05, 0) is 41.4 Å². The van der Waals surface area contributed by atoms with E-state index in [1.165, 1.54) is 21.2 Å². The number of benzene rings is 1. The van der Waals surface area contributed by atoms with Crippen LogP contribution >= 0.6 is 11.3 Å². The zero-order chi connectivity index (χ0) is 12.3. The molecule has 0 saturated carbocycles. The minimum atomic E-state index is 0.231. The molecule has 1 heterocycles. The molecule has 1 aromatic heterocycles. The summed E-state index contributed by atoms with van der Waals surface area (Å²) in [6.45, 7) is 7.15. The second-order valence-electron chi connectivity index (χ2n) is 4.35. The fourth-order valence-electron chi connectivity index (χ4n) is 2.04. The number of aliphatic hydroxyl groups excluding tert-OH is 1. The van der Waals surface area contributed by atoms with Crippen LogP contribution in [0.3, 0.4) is 0 Å². The summed E-state index contributed by atoms with van der Waals surface area (Å²) in [5, 5.41) is 12.6. The van der Waals surface area contributed by atoms with E-state index in [-0.39, 0.29) is 6.61 Å². The van der Waals surface area contributed by atoms with Crippen molar-refractivity contribution < 1.29 is 5.11 Å². The van der Waals surface area contributed by atoms with Crippen molar-refractivity contribution in [2.45, 2.75) is 20.4 Å². The number of nitrogens with zero attached hydrogens (tertiary/aromatic N) is 1. The molecule has 92 valence electrons. The summed E-state index contributed by atoms with van der Waals surface area (Å²) in [4.78, 5) is 2.27. The quantitative estimate of drug-likeness (QED) is 0.880. The molecule has 0 bridgehead atoms. The van der Waals surface area contributed by atoms with E-state index in [1.54, 1.807) is 0 Å². The molecule has 17 heavy (non-hydrogen) atoms. The summed E-state index contributed by atoms with van der Waals surface area (Å²) in [5.41, 5.74) is 2.69. The van der Waals surface area contributed by atoms with Gasteiger partial charge >= 0.3 is 0 Å². The maximum absolute atomic E-state index is 9.01. The van der Waals surface area contributed by atoms with E-state index in [9.17, 15) is 0 Å². The lowest BCUT2D eigenvalue weighted by atomic mass is 10.1. The van der Waals surface area contributed by atoms with Crippen LogP contribution in [0.1, 0.15) is 18.1 Å². The largest absolute Gasteiger partial charge is 0.395 e. The molecule has 0 fully saturated rings. The Morgan fingerprint density at radius 2 is 2.18 bits per heavy atom. The van der Waals surface area contributed by atoms with Crippen LogP contribution in [-0.4, -0.2) is 29.7 Å². The average molecular weight is 249 g/mol. The van der Waals surface area contributed by atoms with Crippen molar-refractivity contribution in [1.82, 2.24) is 4.90 Å². The molecule has 0 aliphatic carbocycles. The van der Waals surface area contributed by atoms with E-state index >= 15 is 0 Å². The maximum Gasteiger partial charge on any atom is 0.0558 e. The first-order valence-corrected chi connectivity index (χ1v) is 6.92. The van der Waals surface area contributed by atoms with Gasteiger partial charge in [0.1, 0.15) is 0 Å². The predicted molar refractivity (Wildman–Crippen MR) is 74.6 cm³/mol. The van der Waals surface area contributed by atoms with Gasteiger partial charge in [-0.15, -0.1) is 11.3 Å². The summed E-state index contributed by atoms with van der Waals surface area (Å²) in [7, 11) is 0. The first kappa shape index (κ1) is 12.6. The second kappa shape index (κ2) is 5.63. The van der Waals surface area contributed by atoms with E-state index in [0.717, 1.165) is 19.6 Å². The smallest absolute Gasteiger partial charge is 0.0558 e. The summed E-state index contributed by atoms with van der Waals surface area (Å²) in [6.07, 6.45) is 0. The molecule has 1 aromatic carbocycles. The van der Waals surface area contributed by atoms with Gasteiger partial charge in [-0.3, -0.25) is 4.90 Å². The molecule has 2 nitrogen and oxygen atoms in total. The number of aliphatic hydroxyl groups is 1. The Bertz CT molecular complexity index is 492. The number of hydrogen-bond donors (Lipinski definition) is 1. The van der Waals surface area contributed by atoms with Crippen molar-refractivity contribution in [2.24, 2.45) is 0 Å². The van der Waals surface area contributed by atoms with Gasteiger partial charge in [0, 0.05) is 17.8 Å². The highest BCUT2D eigenvalue weighted by Gasteiger charge is 2.08. The van der Waals surface area contributed by atoms with E-state index < -0.39 is 0 Å². The first-order chi connectivity index (χ1) is 8.24. The topological polar surface area (TPSA) is 23.5 Å². The molecule has 0 atom stereocenters. The fraction of sp³-hybridized carbons (Fsp3) is 0.429. The van der Waals surface area contributed by atoms with Gasteiger partial charge in [0.2, 0.25) is 0 Å². The van der Waals surface area contributed by atoms with Crippen molar-refractivity contribution >= 4 is 21.4 Å². The lowest BCUT2D eigenvalue weighted by Crippen LogP contribution is -2.25. The third-order valence-electron chi connectivity index (χ3n) is 3.07. The van der Waals surface area contributed by atoms with Crippen molar-refractivity contribution in [3.05, 3.63) is 34.7 Å². The van der Waals surface area contributed by atoms with Gasteiger partial charge in [-0.25, -0.2) is 0 Å². The summed E-state index contributed by atoms with van der Waals surface area (Å²) in [5.74, 6) is 0. The average Bonchev–Trinajstić information content (AvgIpc) is 2.71. The minimum absolute atomic E-state index is 0.231. The van der Waals surface area contributed by atoms with Crippen LogP contribution in [0.25, 0.3) is 10.1 Å². The van der Waals surface area contributed by atoms with Gasteiger partial charge < -0.3 is 5.11 Å². The van der Waals surface area contributed by atoms with Crippen LogP contribution in [-0.2, 0) is 6.54 Å². The van der Waals surface area contributed by atoms with Gasteiger partial charge in [0.25, 0.3) is 0 Å². The highest BCUT2D eigenvalue weighted by molar-refractivity contribution is 7.17. The Hall–Kier alpha value is -0.900. The molecule has 1 N–H and O–H groups in total. The van der Waals surface area contributed by atoms with Crippen molar-refractivity contribution in [2.75, 3.05) is 19.7 Å². The number of likely N-dealkylation sites (N-methyl/N-ethyl adjacent to an activating group) is 1. The number of thiophene rings is 1. The molecule has 2 aromatic rings. The van der Waals surface area contributed by atoms with Crippen LogP contribution in [0.5, 0.6) is 0 Å². The van der Waals surface area contributed by atoms with E-state index in [4.69, 9.17) is 5.11 Å². The number of aryl methyl sites for hydroxylation is 1. The second-order valence-corrected chi connectivity index (χ2v) is 5.26. The van der Waals surface area contributed by atoms with Crippen LogP contribution in [0.15, 0.2) is 23.6 Å². The Morgan fingerprint density at radius 3 is 2.88 bits per heavy atom. The van der Waals surface area contributed by atoms with Crippen LogP contribution in [0, 0.1) is 6.92 Å². The fourth-order valence-corrected chi connectivity index (χ4v) is 3.09. The lowest BCUT2D eigenvalue weighted by Gasteiger charge is -2.18. The third kappa shape index (κ3) is 2.86. The van der Waals surface area contributed by atoms with E-state index in [0.29, 0.717) is 0 Å². The number of fused-ring (bicyclic) bond motifs is 1. The Balaban J connectivity index is 2.23. The SMILES string of the molecule is CCN(CCO)Cc1csc2cc(C)ccc12.